The van der Waals surface area contributed by atoms with Crippen molar-refractivity contribution in [2.45, 2.75) is 13.0 Å². The van der Waals surface area contributed by atoms with Gasteiger partial charge in [-0.3, -0.25) is 9.69 Å². The molecule has 1 heterocycles. The number of benzene rings is 1. The lowest BCUT2D eigenvalue weighted by Crippen LogP contribution is -2.27. The number of methoxy groups -OCH3 is 1. The standard InChI is InChI=1S/C13H18N2O3/c1-18-12-3-2-9(6-11(12)16)7-15-5-4-10(8-15)13(14)17/h2-3,6,10,16H,4-5,7-8H2,1H3,(H2,14,17). The maximum Gasteiger partial charge on any atom is 0.221 e. The van der Waals surface area contributed by atoms with Gasteiger partial charge < -0.3 is 15.6 Å². The van der Waals surface area contributed by atoms with Crippen molar-refractivity contribution >= 4 is 5.91 Å². The predicted molar refractivity (Wildman–Crippen MR) is 67.2 cm³/mol. The summed E-state index contributed by atoms with van der Waals surface area (Å²) in [5, 5.41) is 9.69. The molecule has 1 atom stereocenters. The number of nitrogens with two attached hydrogens (primary N) is 1. The van der Waals surface area contributed by atoms with Crippen LogP contribution in [0.2, 0.25) is 0 Å². The van der Waals surface area contributed by atoms with Gasteiger partial charge in [0.25, 0.3) is 0 Å². The summed E-state index contributed by atoms with van der Waals surface area (Å²) in [5.41, 5.74) is 6.29. The number of likely N-dealkylation sites (tertiary alicyclic amines) is 1. The van der Waals surface area contributed by atoms with Crippen molar-refractivity contribution < 1.29 is 14.6 Å². The van der Waals surface area contributed by atoms with Crippen LogP contribution in [0.25, 0.3) is 0 Å². The molecule has 5 heteroatoms. The molecular formula is C13H18N2O3. The van der Waals surface area contributed by atoms with E-state index in [9.17, 15) is 9.90 Å². The molecule has 1 aromatic rings. The highest BCUT2D eigenvalue weighted by atomic mass is 16.5. The van der Waals surface area contributed by atoms with Crippen LogP contribution in [0, 0.1) is 5.92 Å². The van der Waals surface area contributed by atoms with Crippen molar-refractivity contribution in [3.63, 3.8) is 0 Å². The number of phenols is 1. The third-order valence-electron chi connectivity index (χ3n) is 3.32. The van der Waals surface area contributed by atoms with Crippen LogP contribution in [0.5, 0.6) is 11.5 Å². The lowest BCUT2D eigenvalue weighted by molar-refractivity contribution is -0.121. The SMILES string of the molecule is COc1ccc(CN2CCC(C(N)=O)C2)cc1O. The number of rotatable bonds is 4. The number of nitrogens with zero attached hydrogens (tertiary/aromatic N) is 1. The van der Waals surface area contributed by atoms with Gasteiger partial charge in [-0.1, -0.05) is 6.07 Å². The molecule has 0 saturated carbocycles. The molecule has 3 N–H and O–H groups in total. The highest BCUT2D eigenvalue weighted by Gasteiger charge is 2.26. The first-order valence-corrected chi connectivity index (χ1v) is 5.97. The van der Waals surface area contributed by atoms with Crippen molar-refractivity contribution in [1.29, 1.82) is 0 Å². The second-order valence-electron chi connectivity index (χ2n) is 4.63. The minimum atomic E-state index is -0.227. The van der Waals surface area contributed by atoms with Crippen LogP contribution in [0.3, 0.4) is 0 Å². The number of carbonyl (C=O) groups excluding carboxylic acids is 1. The number of amides is 1. The van der Waals surface area contributed by atoms with E-state index in [0.29, 0.717) is 18.8 Å². The zero-order valence-electron chi connectivity index (χ0n) is 10.4. The monoisotopic (exact) mass is 250 g/mol. The van der Waals surface area contributed by atoms with Crippen molar-refractivity contribution in [3.05, 3.63) is 23.8 Å². The Labute approximate surface area is 106 Å². The van der Waals surface area contributed by atoms with Gasteiger partial charge >= 0.3 is 0 Å². The number of carbonyl (C=O) groups is 1. The molecule has 1 saturated heterocycles. The van der Waals surface area contributed by atoms with E-state index >= 15 is 0 Å². The first kappa shape index (κ1) is 12.7. The summed E-state index contributed by atoms with van der Waals surface area (Å²) < 4.78 is 4.99. The molecule has 0 aromatic heterocycles. The molecule has 0 bridgehead atoms. The van der Waals surface area contributed by atoms with Gasteiger partial charge in [0, 0.05) is 13.1 Å². The number of hydrogen-bond donors (Lipinski definition) is 2. The maximum atomic E-state index is 11.1. The van der Waals surface area contributed by atoms with E-state index in [2.05, 4.69) is 4.90 Å². The summed E-state index contributed by atoms with van der Waals surface area (Å²) in [4.78, 5) is 13.2. The largest absolute Gasteiger partial charge is 0.504 e. The molecule has 0 spiro atoms. The third-order valence-corrected chi connectivity index (χ3v) is 3.32. The number of aromatic hydroxyl groups is 1. The van der Waals surface area contributed by atoms with Crippen LogP contribution in [-0.2, 0) is 11.3 Å². The fourth-order valence-corrected chi connectivity index (χ4v) is 2.30. The molecule has 98 valence electrons. The van der Waals surface area contributed by atoms with Crippen LogP contribution >= 0.6 is 0 Å². The van der Waals surface area contributed by atoms with E-state index < -0.39 is 0 Å². The zero-order chi connectivity index (χ0) is 13.1. The van der Waals surface area contributed by atoms with Gasteiger partial charge in [-0.15, -0.1) is 0 Å². The van der Waals surface area contributed by atoms with Crippen molar-refractivity contribution in [3.8, 4) is 11.5 Å². The number of ether oxygens (including phenoxy) is 1. The normalized spacial score (nSPS) is 19.9. The Bertz CT molecular complexity index is 448. The van der Waals surface area contributed by atoms with Gasteiger partial charge in [0.15, 0.2) is 11.5 Å². The van der Waals surface area contributed by atoms with Gasteiger partial charge in [-0.05, 0) is 30.7 Å². The van der Waals surface area contributed by atoms with E-state index in [0.717, 1.165) is 18.5 Å². The summed E-state index contributed by atoms with van der Waals surface area (Å²) in [6, 6.07) is 5.35. The molecule has 1 aromatic carbocycles. The Hall–Kier alpha value is -1.75. The van der Waals surface area contributed by atoms with Crippen LogP contribution in [0.1, 0.15) is 12.0 Å². The first-order chi connectivity index (χ1) is 8.60. The van der Waals surface area contributed by atoms with Crippen LogP contribution in [-0.4, -0.2) is 36.1 Å². The summed E-state index contributed by atoms with van der Waals surface area (Å²) in [6.07, 6.45) is 0.817. The number of phenolic OH excluding ortho intramolecular Hbond substituents is 1. The van der Waals surface area contributed by atoms with E-state index in [1.54, 1.807) is 12.1 Å². The van der Waals surface area contributed by atoms with Crippen LogP contribution in [0.4, 0.5) is 0 Å². The quantitative estimate of drug-likeness (QED) is 0.825. The molecule has 5 nitrogen and oxygen atoms in total. The lowest BCUT2D eigenvalue weighted by Gasteiger charge is -2.16. The molecule has 2 rings (SSSR count). The highest BCUT2D eigenvalue weighted by Crippen LogP contribution is 2.27. The second kappa shape index (κ2) is 5.27. The van der Waals surface area contributed by atoms with E-state index in [-0.39, 0.29) is 17.6 Å². The summed E-state index contributed by atoms with van der Waals surface area (Å²) >= 11 is 0. The molecule has 1 unspecified atom stereocenters. The molecule has 1 aliphatic heterocycles. The Morgan fingerprint density at radius 1 is 1.61 bits per heavy atom. The van der Waals surface area contributed by atoms with Gasteiger partial charge in [-0.25, -0.2) is 0 Å². The molecule has 0 radical (unpaired) electrons. The summed E-state index contributed by atoms with van der Waals surface area (Å²) in [5.74, 6) is 0.336. The fourth-order valence-electron chi connectivity index (χ4n) is 2.30. The lowest BCUT2D eigenvalue weighted by atomic mass is 10.1. The molecule has 0 aliphatic carbocycles. The molecular weight excluding hydrogens is 232 g/mol. The number of hydrogen-bond acceptors (Lipinski definition) is 4. The van der Waals surface area contributed by atoms with Gasteiger partial charge in [0.05, 0.1) is 13.0 Å². The molecule has 1 aliphatic rings. The van der Waals surface area contributed by atoms with E-state index in [4.69, 9.17) is 10.5 Å². The highest BCUT2D eigenvalue weighted by molar-refractivity contribution is 5.77. The Morgan fingerprint density at radius 3 is 2.94 bits per heavy atom. The maximum absolute atomic E-state index is 11.1. The fraction of sp³-hybridized carbons (Fsp3) is 0.462. The smallest absolute Gasteiger partial charge is 0.221 e. The molecule has 1 fully saturated rings. The van der Waals surface area contributed by atoms with Crippen LogP contribution < -0.4 is 10.5 Å². The topological polar surface area (TPSA) is 75.8 Å². The minimum Gasteiger partial charge on any atom is -0.504 e. The summed E-state index contributed by atoms with van der Waals surface area (Å²) in [7, 11) is 1.52. The van der Waals surface area contributed by atoms with E-state index in [1.165, 1.54) is 7.11 Å². The Kier molecular flexibility index (Phi) is 3.72. The van der Waals surface area contributed by atoms with Gasteiger partial charge in [-0.2, -0.15) is 0 Å². The van der Waals surface area contributed by atoms with Crippen LogP contribution in [0.15, 0.2) is 18.2 Å². The Morgan fingerprint density at radius 2 is 2.39 bits per heavy atom. The average molecular weight is 250 g/mol. The first-order valence-electron chi connectivity index (χ1n) is 5.97. The van der Waals surface area contributed by atoms with Crippen molar-refractivity contribution in [2.24, 2.45) is 11.7 Å². The predicted octanol–water partition coefficient (Wildman–Crippen LogP) is 0.708. The third kappa shape index (κ3) is 2.73. The average Bonchev–Trinajstić information content (AvgIpc) is 2.78. The second-order valence-corrected chi connectivity index (χ2v) is 4.63. The molecule has 18 heavy (non-hydrogen) atoms. The minimum absolute atomic E-state index is 0.0446. The van der Waals surface area contributed by atoms with Crippen molar-refractivity contribution in [1.82, 2.24) is 4.90 Å². The summed E-state index contributed by atoms with van der Waals surface area (Å²) in [6.45, 7) is 2.27. The van der Waals surface area contributed by atoms with Crippen molar-refractivity contribution in [2.75, 3.05) is 20.2 Å². The van der Waals surface area contributed by atoms with Gasteiger partial charge in [0.2, 0.25) is 5.91 Å². The Balaban J connectivity index is 1.98. The zero-order valence-corrected chi connectivity index (χ0v) is 10.4. The number of primary amides is 1. The van der Waals surface area contributed by atoms with Gasteiger partial charge in [0.1, 0.15) is 0 Å². The molecule has 1 amide bonds. The van der Waals surface area contributed by atoms with E-state index in [1.807, 2.05) is 6.07 Å².